The Hall–Kier alpha value is -3.94. The number of nitrogens with one attached hydrogen (secondary N) is 2. The van der Waals surface area contributed by atoms with E-state index in [9.17, 15) is 14.4 Å². The van der Waals surface area contributed by atoms with Crippen molar-refractivity contribution in [2.45, 2.75) is 26.4 Å². The third-order valence-corrected chi connectivity index (χ3v) is 5.89. The predicted octanol–water partition coefficient (Wildman–Crippen LogP) is 2.36. The lowest BCUT2D eigenvalue weighted by Gasteiger charge is -2.33. The van der Waals surface area contributed by atoms with E-state index in [0.717, 1.165) is 22.3 Å². The fraction of sp³-hybridized carbons (Fsp3) is 0.280. The zero-order valence-corrected chi connectivity index (χ0v) is 18.8. The summed E-state index contributed by atoms with van der Waals surface area (Å²) in [5.74, 6) is -0.523. The summed E-state index contributed by atoms with van der Waals surface area (Å²) >= 11 is 0. The van der Waals surface area contributed by atoms with Gasteiger partial charge in [0.05, 0.1) is 23.9 Å². The van der Waals surface area contributed by atoms with Gasteiger partial charge in [-0.15, -0.1) is 6.58 Å². The van der Waals surface area contributed by atoms with E-state index < -0.39 is 6.04 Å². The summed E-state index contributed by atoms with van der Waals surface area (Å²) in [5.41, 5.74) is 4.96. The van der Waals surface area contributed by atoms with E-state index in [0.29, 0.717) is 17.8 Å². The molecular weight excluding hydrogens is 418 g/mol. The zero-order valence-electron chi connectivity index (χ0n) is 18.8. The Labute approximate surface area is 193 Å². The average molecular weight is 446 g/mol. The van der Waals surface area contributed by atoms with Gasteiger partial charge in [-0.25, -0.2) is 4.79 Å². The first-order chi connectivity index (χ1) is 15.9. The second-order valence-corrected chi connectivity index (χ2v) is 8.30. The second kappa shape index (κ2) is 9.28. The maximum Gasteiger partial charge on any atom is 0.322 e. The molecule has 1 aromatic heterocycles. The lowest BCUT2D eigenvalue weighted by Crippen LogP contribution is -2.47. The number of hydrogen-bond donors (Lipinski definition) is 2. The van der Waals surface area contributed by atoms with Gasteiger partial charge in [-0.1, -0.05) is 35.9 Å². The quantitative estimate of drug-likeness (QED) is 0.640. The summed E-state index contributed by atoms with van der Waals surface area (Å²) in [4.78, 5) is 46.0. The van der Waals surface area contributed by atoms with Crippen molar-refractivity contribution in [3.05, 3.63) is 88.9 Å². The minimum absolute atomic E-state index is 0.0954. The molecule has 1 aromatic carbocycles. The molecule has 1 unspecified atom stereocenters. The molecule has 0 spiro atoms. The van der Waals surface area contributed by atoms with Gasteiger partial charge in [-0.05, 0) is 36.6 Å². The van der Waals surface area contributed by atoms with E-state index in [1.807, 2.05) is 38.1 Å². The van der Waals surface area contributed by atoms with Gasteiger partial charge in [-0.3, -0.25) is 19.5 Å². The molecule has 8 heteroatoms. The number of pyridine rings is 1. The number of carbonyl (C=O) groups excluding carboxylic acids is 3. The Bertz CT molecular complexity index is 1140. The van der Waals surface area contributed by atoms with E-state index in [1.165, 1.54) is 9.80 Å². The number of hydrogen-bond acceptors (Lipinski definition) is 4. The summed E-state index contributed by atoms with van der Waals surface area (Å²) in [7, 11) is 0. The Morgan fingerprint density at radius 1 is 1.30 bits per heavy atom. The van der Waals surface area contributed by atoms with Gasteiger partial charge in [0, 0.05) is 25.5 Å². The van der Waals surface area contributed by atoms with Crippen LogP contribution in [0.2, 0.25) is 0 Å². The third-order valence-electron chi connectivity index (χ3n) is 5.89. The number of benzene rings is 1. The van der Waals surface area contributed by atoms with Gasteiger partial charge in [0.1, 0.15) is 6.54 Å². The van der Waals surface area contributed by atoms with Crippen molar-refractivity contribution in [2.24, 2.45) is 0 Å². The third kappa shape index (κ3) is 4.50. The number of aromatic nitrogens is 1. The number of carbonyl (C=O) groups is 3. The standard InChI is InChI=1S/C25H27N5O3/c1-4-10-30-20-14-29(15-21(31)27-13-18-6-5-9-26-12-18)24(32)22(20)23(28-25(30)33)19-8-7-16(2)11-17(19)3/h4-9,11-12,23H,1,10,13-15H2,2-3H3,(H,27,31)(H,28,33). The smallest absolute Gasteiger partial charge is 0.322 e. The highest BCUT2D eigenvalue weighted by Crippen LogP contribution is 2.37. The zero-order chi connectivity index (χ0) is 23.5. The van der Waals surface area contributed by atoms with Crippen molar-refractivity contribution >= 4 is 17.8 Å². The lowest BCUT2D eigenvalue weighted by molar-refractivity contribution is -0.132. The van der Waals surface area contributed by atoms with Crippen molar-refractivity contribution < 1.29 is 14.4 Å². The number of nitrogens with zero attached hydrogens (tertiary/aromatic N) is 3. The van der Waals surface area contributed by atoms with Gasteiger partial charge in [0.15, 0.2) is 0 Å². The largest absolute Gasteiger partial charge is 0.350 e. The van der Waals surface area contributed by atoms with Crippen LogP contribution in [-0.4, -0.2) is 52.3 Å². The number of amides is 4. The highest BCUT2D eigenvalue weighted by Gasteiger charge is 2.44. The molecule has 2 aliphatic heterocycles. The molecule has 4 amide bonds. The van der Waals surface area contributed by atoms with E-state index >= 15 is 0 Å². The van der Waals surface area contributed by atoms with Gasteiger partial charge in [-0.2, -0.15) is 0 Å². The SMILES string of the molecule is C=CCN1C(=O)NC(c2ccc(C)cc2C)C2=C1CN(CC(=O)NCc1cccnc1)C2=O. The molecule has 8 nitrogen and oxygen atoms in total. The van der Waals surface area contributed by atoms with Crippen molar-refractivity contribution in [1.82, 2.24) is 25.4 Å². The predicted molar refractivity (Wildman–Crippen MR) is 124 cm³/mol. The van der Waals surface area contributed by atoms with E-state index in [1.54, 1.807) is 24.5 Å². The molecule has 2 N–H and O–H groups in total. The van der Waals surface area contributed by atoms with Crippen molar-refractivity contribution in [1.29, 1.82) is 0 Å². The minimum Gasteiger partial charge on any atom is -0.350 e. The Morgan fingerprint density at radius 3 is 2.82 bits per heavy atom. The van der Waals surface area contributed by atoms with Crippen molar-refractivity contribution in [3.8, 4) is 0 Å². The van der Waals surface area contributed by atoms with Crippen LogP contribution in [0.3, 0.4) is 0 Å². The lowest BCUT2D eigenvalue weighted by atomic mass is 9.91. The maximum absolute atomic E-state index is 13.4. The molecule has 0 saturated heterocycles. The first-order valence-electron chi connectivity index (χ1n) is 10.8. The molecule has 0 radical (unpaired) electrons. The van der Waals surface area contributed by atoms with Crippen LogP contribution in [0.4, 0.5) is 4.79 Å². The van der Waals surface area contributed by atoms with Gasteiger partial charge >= 0.3 is 6.03 Å². The number of urea groups is 1. The molecule has 170 valence electrons. The highest BCUT2D eigenvalue weighted by atomic mass is 16.2. The van der Waals surface area contributed by atoms with Crippen LogP contribution in [0.1, 0.15) is 28.3 Å². The van der Waals surface area contributed by atoms with Crippen molar-refractivity contribution in [3.63, 3.8) is 0 Å². The number of aryl methyl sites for hydroxylation is 2. The highest BCUT2D eigenvalue weighted by molar-refractivity contribution is 6.03. The molecular formula is C25H27N5O3. The minimum atomic E-state index is -0.565. The molecule has 0 saturated carbocycles. The van der Waals surface area contributed by atoms with E-state index in [-0.39, 0.29) is 37.5 Å². The normalized spacial score (nSPS) is 17.7. The first-order valence-corrected chi connectivity index (χ1v) is 10.8. The molecule has 2 aliphatic rings. The van der Waals surface area contributed by atoms with Crippen molar-refractivity contribution in [2.75, 3.05) is 19.6 Å². The van der Waals surface area contributed by atoms with Crippen LogP contribution in [0.15, 0.2) is 66.7 Å². The molecule has 0 aliphatic carbocycles. The van der Waals surface area contributed by atoms with Gasteiger partial charge in [0.2, 0.25) is 5.91 Å². The van der Waals surface area contributed by atoms with E-state index in [2.05, 4.69) is 22.2 Å². The summed E-state index contributed by atoms with van der Waals surface area (Å²) in [6, 6.07) is 8.76. The molecule has 33 heavy (non-hydrogen) atoms. The summed E-state index contributed by atoms with van der Waals surface area (Å²) in [6.45, 7) is 8.40. The average Bonchev–Trinajstić information content (AvgIpc) is 3.11. The van der Waals surface area contributed by atoms with Crippen LogP contribution in [0, 0.1) is 13.8 Å². The molecule has 4 rings (SSSR count). The summed E-state index contributed by atoms with van der Waals surface area (Å²) in [6.07, 6.45) is 4.97. The molecule has 1 atom stereocenters. The second-order valence-electron chi connectivity index (χ2n) is 8.30. The molecule has 0 fully saturated rings. The van der Waals surface area contributed by atoms with Crippen LogP contribution in [-0.2, 0) is 16.1 Å². The van der Waals surface area contributed by atoms with Crippen LogP contribution < -0.4 is 10.6 Å². The number of rotatable bonds is 7. The Morgan fingerprint density at radius 2 is 2.12 bits per heavy atom. The van der Waals surface area contributed by atoms with Gasteiger partial charge in [0.25, 0.3) is 5.91 Å². The van der Waals surface area contributed by atoms with Gasteiger partial charge < -0.3 is 15.5 Å². The van der Waals surface area contributed by atoms with E-state index in [4.69, 9.17) is 0 Å². The molecule has 3 heterocycles. The monoisotopic (exact) mass is 445 g/mol. The molecule has 2 aromatic rings. The Kier molecular flexibility index (Phi) is 6.26. The fourth-order valence-electron chi connectivity index (χ4n) is 4.31. The molecule has 0 bridgehead atoms. The summed E-state index contributed by atoms with van der Waals surface area (Å²) in [5, 5.41) is 5.80. The topological polar surface area (TPSA) is 94.6 Å². The van der Waals surface area contributed by atoms with Crippen LogP contribution >= 0.6 is 0 Å². The summed E-state index contributed by atoms with van der Waals surface area (Å²) < 4.78 is 0. The first kappa shape index (κ1) is 22.3. The fourth-order valence-corrected chi connectivity index (χ4v) is 4.31. The maximum atomic E-state index is 13.4. The van der Waals surface area contributed by atoms with Crippen LogP contribution in [0.5, 0.6) is 0 Å². The Balaban J connectivity index is 1.57. The van der Waals surface area contributed by atoms with Crippen LogP contribution in [0.25, 0.3) is 0 Å².